The van der Waals surface area contributed by atoms with E-state index in [1.54, 1.807) is 6.08 Å². The van der Waals surface area contributed by atoms with Crippen molar-refractivity contribution in [3.05, 3.63) is 24.3 Å². The van der Waals surface area contributed by atoms with Crippen molar-refractivity contribution in [1.82, 2.24) is 5.32 Å². The van der Waals surface area contributed by atoms with Crippen molar-refractivity contribution >= 4 is 13.7 Å². The van der Waals surface area contributed by atoms with Gasteiger partial charge in [0.1, 0.15) is 13.2 Å². The van der Waals surface area contributed by atoms with Gasteiger partial charge in [0.15, 0.2) is 0 Å². The van der Waals surface area contributed by atoms with Crippen molar-refractivity contribution < 1.29 is 32.9 Å². The highest BCUT2D eigenvalue weighted by Crippen LogP contribution is 2.43. The quantitative estimate of drug-likeness (QED) is 0.0263. The fraction of sp³-hybridized carbons (Fsp3) is 0.872. The number of quaternary nitrogens is 1. The summed E-state index contributed by atoms with van der Waals surface area (Å²) in [5.41, 5.74) is 0. The highest BCUT2D eigenvalue weighted by atomic mass is 31.2. The monoisotopic (exact) mass is 702 g/mol. The summed E-state index contributed by atoms with van der Waals surface area (Å²) in [7, 11) is 1.56. The number of allylic oxidation sites excluding steroid dienone is 3. The molecule has 0 bridgehead atoms. The smallest absolute Gasteiger partial charge is 0.387 e. The van der Waals surface area contributed by atoms with Crippen LogP contribution < -0.4 is 5.32 Å². The highest BCUT2D eigenvalue weighted by molar-refractivity contribution is 7.47. The Hall–Kier alpha value is -1.02. The number of carbonyl (C=O) groups excluding carboxylic acids is 1. The fourth-order valence-corrected chi connectivity index (χ4v) is 6.20. The van der Waals surface area contributed by atoms with Gasteiger partial charge in [0.25, 0.3) is 0 Å². The first-order valence-electron chi connectivity index (χ1n) is 19.7. The molecule has 0 rings (SSSR count). The predicted octanol–water partition coefficient (Wildman–Crippen LogP) is 10.2. The molecular formula is C39H78N2O6P+. The summed E-state index contributed by atoms with van der Waals surface area (Å²) in [6.07, 6.45) is 35.2. The number of likely N-dealkylation sites (N-methyl/N-ethyl adjacent to an activating group) is 1. The molecule has 48 heavy (non-hydrogen) atoms. The number of phosphoric acid groups is 1. The van der Waals surface area contributed by atoms with Crippen LogP contribution in [0.1, 0.15) is 168 Å². The van der Waals surface area contributed by atoms with Gasteiger partial charge in [0.2, 0.25) is 5.91 Å². The average molecular weight is 702 g/mol. The summed E-state index contributed by atoms with van der Waals surface area (Å²) >= 11 is 0. The molecule has 8 nitrogen and oxygen atoms in total. The van der Waals surface area contributed by atoms with Crippen molar-refractivity contribution in [3.8, 4) is 0 Å². The molecule has 0 heterocycles. The second-order valence-electron chi connectivity index (χ2n) is 14.7. The van der Waals surface area contributed by atoms with E-state index in [2.05, 4.69) is 31.3 Å². The van der Waals surface area contributed by atoms with Crippen LogP contribution in [0.5, 0.6) is 0 Å². The topological polar surface area (TPSA) is 105 Å². The van der Waals surface area contributed by atoms with Gasteiger partial charge in [-0.05, 0) is 32.1 Å². The van der Waals surface area contributed by atoms with E-state index in [4.69, 9.17) is 9.05 Å². The maximum atomic E-state index is 12.8. The first kappa shape index (κ1) is 47.0. The molecule has 0 fully saturated rings. The minimum atomic E-state index is -4.33. The van der Waals surface area contributed by atoms with Gasteiger partial charge in [-0.25, -0.2) is 4.57 Å². The maximum Gasteiger partial charge on any atom is 0.472 e. The molecule has 0 aliphatic heterocycles. The molecule has 3 N–H and O–H groups in total. The summed E-state index contributed by atoms with van der Waals surface area (Å²) in [6, 6.07) is -0.855. The number of rotatable bonds is 35. The van der Waals surface area contributed by atoms with E-state index < -0.39 is 20.0 Å². The third-order valence-corrected chi connectivity index (χ3v) is 9.66. The molecule has 1 amide bonds. The molecule has 9 heteroatoms. The zero-order chi connectivity index (χ0) is 35.8. The lowest BCUT2D eigenvalue weighted by Crippen LogP contribution is -2.45. The molecule has 0 saturated carbocycles. The zero-order valence-corrected chi connectivity index (χ0v) is 32.9. The number of carbonyl (C=O) groups is 1. The molecular weight excluding hydrogens is 623 g/mol. The van der Waals surface area contributed by atoms with E-state index in [1.807, 2.05) is 27.2 Å². The van der Waals surface area contributed by atoms with Crippen molar-refractivity contribution in [2.24, 2.45) is 0 Å². The summed E-state index contributed by atoms with van der Waals surface area (Å²) in [5.74, 6) is -0.189. The largest absolute Gasteiger partial charge is 0.472 e. The first-order chi connectivity index (χ1) is 23.0. The van der Waals surface area contributed by atoms with Crippen LogP contribution in [0, 0.1) is 0 Å². The number of nitrogens with zero attached hydrogens (tertiary/aromatic N) is 1. The number of phosphoric ester groups is 1. The highest BCUT2D eigenvalue weighted by Gasteiger charge is 2.27. The van der Waals surface area contributed by atoms with Gasteiger partial charge in [0, 0.05) is 6.42 Å². The van der Waals surface area contributed by atoms with Gasteiger partial charge >= 0.3 is 7.82 Å². The van der Waals surface area contributed by atoms with E-state index in [0.717, 1.165) is 38.5 Å². The third-order valence-electron chi connectivity index (χ3n) is 8.67. The number of nitrogens with one attached hydrogen (secondary N) is 1. The summed E-state index contributed by atoms with van der Waals surface area (Å²) < 4.78 is 23.4. The van der Waals surface area contributed by atoms with Crippen molar-refractivity contribution in [2.45, 2.75) is 180 Å². The van der Waals surface area contributed by atoms with Gasteiger partial charge < -0.3 is 19.8 Å². The van der Waals surface area contributed by atoms with Gasteiger partial charge in [0.05, 0.1) is 39.9 Å². The Morgan fingerprint density at radius 2 is 1.15 bits per heavy atom. The van der Waals surface area contributed by atoms with Gasteiger partial charge in [-0.3, -0.25) is 13.8 Å². The van der Waals surface area contributed by atoms with Crippen LogP contribution >= 0.6 is 7.82 Å². The van der Waals surface area contributed by atoms with Crippen LogP contribution in [0.4, 0.5) is 0 Å². The lowest BCUT2D eigenvalue weighted by Gasteiger charge is -2.25. The molecule has 0 spiro atoms. The molecule has 0 aliphatic rings. The standard InChI is InChI=1S/C39H77N2O6P/c1-6-8-10-12-14-16-18-20-22-24-26-28-30-32-38(42)37(36-47-48(44,45)46-35-34-41(3,4)5)40-39(43)33-31-29-27-25-23-21-19-17-15-13-11-9-7-2/h22,24,30,32,37-38,42H,6-21,23,25-29,31,33-36H2,1-5H3,(H-,40,43,44,45)/p+1/b24-22+,32-30+/t37-,38+/m1/s1. The number of hydrogen-bond donors (Lipinski definition) is 3. The molecule has 0 aromatic rings. The first-order valence-corrected chi connectivity index (χ1v) is 21.2. The second-order valence-corrected chi connectivity index (χ2v) is 16.1. The lowest BCUT2D eigenvalue weighted by atomic mass is 10.0. The SMILES string of the molecule is CCCCCCCCC/C=C/CC/C=C/[C@H](O)[C@@H](COP(=O)(O)OCC[N+](C)(C)C)NC(=O)CCCCCCCCCCCCCCC. The number of unbranched alkanes of at least 4 members (excludes halogenated alkanes) is 20. The zero-order valence-electron chi connectivity index (χ0n) is 32.0. The van der Waals surface area contributed by atoms with Crippen LogP contribution in [0.25, 0.3) is 0 Å². The van der Waals surface area contributed by atoms with E-state index in [-0.39, 0.29) is 19.1 Å². The summed E-state index contributed by atoms with van der Waals surface area (Å²) in [4.78, 5) is 23.0. The van der Waals surface area contributed by atoms with Crippen LogP contribution in [-0.4, -0.2) is 73.4 Å². The Kier molecular flexibility index (Phi) is 31.2. The summed E-state index contributed by atoms with van der Waals surface area (Å²) in [5, 5.41) is 13.7. The third kappa shape index (κ3) is 33.5. The Bertz CT molecular complexity index is 845. The van der Waals surface area contributed by atoms with E-state index in [0.29, 0.717) is 17.4 Å². The second kappa shape index (κ2) is 31.9. The average Bonchev–Trinajstić information content (AvgIpc) is 3.02. The maximum absolute atomic E-state index is 12.8. The Labute approximate surface area is 296 Å². The molecule has 0 aromatic carbocycles. The van der Waals surface area contributed by atoms with E-state index in [9.17, 15) is 19.4 Å². The van der Waals surface area contributed by atoms with Gasteiger partial charge in [-0.2, -0.15) is 0 Å². The minimum absolute atomic E-state index is 0.0578. The molecule has 0 radical (unpaired) electrons. The Morgan fingerprint density at radius 1 is 0.688 bits per heavy atom. The van der Waals surface area contributed by atoms with Gasteiger partial charge in [-0.15, -0.1) is 0 Å². The molecule has 284 valence electrons. The molecule has 1 unspecified atom stereocenters. The predicted molar refractivity (Wildman–Crippen MR) is 203 cm³/mol. The number of aliphatic hydroxyl groups is 1. The van der Waals surface area contributed by atoms with Crippen LogP contribution in [0.15, 0.2) is 24.3 Å². The number of amides is 1. The molecule has 0 aromatic heterocycles. The Balaban J connectivity index is 4.56. The Morgan fingerprint density at radius 3 is 1.67 bits per heavy atom. The van der Waals surface area contributed by atoms with Crippen molar-refractivity contribution in [2.75, 3.05) is 40.9 Å². The molecule has 0 saturated heterocycles. The normalized spacial score (nSPS) is 14.9. The van der Waals surface area contributed by atoms with E-state index in [1.165, 1.54) is 109 Å². The van der Waals surface area contributed by atoms with Crippen LogP contribution in [0.2, 0.25) is 0 Å². The minimum Gasteiger partial charge on any atom is -0.387 e. The summed E-state index contributed by atoms with van der Waals surface area (Å²) in [6.45, 7) is 4.76. The molecule has 3 atom stereocenters. The van der Waals surface area contributed by atoms with Crippen molar-refractivity contribution in [1.29, 1.82) is 0 Å². The lowest BCUT2D eigenvalue weighted by molar-refractivity contribution is -0.870. The molecule has 0 aliphatic carbocycles. The van der Waals surface area contributed by atoms with Gasteiger partial charge in [-0.1, -0.05) is 154 Å². The van der Waals surface area contributed by atoms with Crippen molar-refractivity contribution in [3.63, 3.8) is 0 Å². The fourth-order valence-electron chi connectivity index (χ4n) is 5.47. The number of hydrogen-bond acceptors (Lipinski definition) is 5. The van der Waals surface area contributed by atoms with Crippen LogP contribution in [0.3, 0.4) is 0 Å². The van der Waals surface area contributed by atoms with E-state index >= 15 is 0 Å². The van der Waals surface area contributed by atoms with Crippen LogP contribution in [-0.2, 0) is 18.4 Å². The number of aliphatic hydroxyl groups excluding tert-OH is 1.